The first-order valence-electron chi connectivity index (χ1n) is 6.41. The summed E-state index contributed by atoms with van der Waals surface area (Å²) in [7, 11) is 0. The van der Waals surface area contributed by atoms with E-state index in [-0.39, 0.29) is 17.4 Å². The van der Waals surface area contributed by atoms with Gasteiger partial charge in [0.05, 0.1) is 5.56 Å². The van der Waals surface area contributed by atoms with Gasteiger partial charge < -0.3 is 4.90 Å². The number of benzene rings is 1. The van der Waals surface area contributed by atoms with Gasteiger partial charge in [-0.15, -0.1) is 0 Å². The van der Waals surface area contributed by atoms with Crippen LogP contribution in [0.25, 0.3) is 0 Å². The van der Waals surface area contributed by atoms with Gasteiger partial charge in [-0.05, 0) is 38.0 Å². The Kier molecular flexibility index (Phi) is 4.42. The molecule has 1 heterocycles. The normalized spacial score (nSPS) is 20.1. The van der Waals surface area contributed by atoms with Crippen LogP contribution in [-0.4, -0.2) is 18.9 Å². The Balaban J connectivity index is 2.35. The predicted octanol–water partition coefficient (Wildman–Crippen LogP) is 4.27. The van der Waals surface area contributed by atoms with Crippen LogP contribution in [0.15, 0.2) is 22.7 Å². The minimum absolute atomic E-state index is 0.0420. The number of carbonyl (C=O) groups excluding carboxylic acids is 1. The monoisotopic (exact) mass is 349 g/mol. The number of hydrogen-bond acceptors (Lipinski definition) is 2. The lowest BCUT2D eigenvalue weighted by molar-refractivity contribution is -0.137. The van der Waals surface area contributed by atoms with Gasteiger partial charge in [0.25, 0.3) is 0 Å². The second-order valence-corrected chi connectivity index (χ2v) is 5.97. The molecule has 1 aliphatic heterocycles. The number of Topliss-reactive ketones (excluding diaryl/α,β-unsaturated/α-hetero) is 1. The van der Waals surface area contributed by atoms with E-state index in [1.807, 2.05) is 0 Å². The van der Waals surface area contributed by atoms with Crippen LogP contribution in [0.1, 0.15) is 25.3 Å². The number of piperidine rings is 1. The molecule has 1 aromatic rings. The van der Waals surface area contributed by atoms with E-state index in [2.05, 4.69) is 15.9 Å². The fourth-order valence-corrected chi connectivity index (χ4v) is 2.90. The highest BCUT2D eigenvalue weighted by molar-refractivity contribution is 9.10. The summed E-state index contributed by atoms with van der Waals surface area (Å²) in [6.07, 6.45) is -2.91. The number of carbonyl (C=O) groups is 1. The molecule has 110 valence electrons. The topological polar surface area (TPSA) is 20.3 Å². The Morgan fingerprint density at radius 1 is 1.40 bits per heavy atom. The average Bonchev–Trinajstić information content (AvgIpc) is 2.37. The van der Waals surface area contributed by atoms with Crippen LogP contribution in [0.3, 0.4) is 0 Å². The van der Waals surface area contributed by atoms with Crippen LogP contribution in [-0.2, 0) is 11.0 Å². The number of nitrogens with zero attached hydrogens (tertiary/aromatic N) is 1. The Hall–Kier alpha value is -1.04. The first-order valence-corrected chi connectivity index (χ1v) is 7.20. The summed E-state index contributed by atoms with van der Waals surface area (Å²) in [6, 6.07) is 4.16. The van der Waals surface area contributed by atoms with E-state index in [0.717, 1.165) is 18.9 Å². The first kappa shape index (κ1) is 15.4. The van der Waals surface area contributed by atoms with Gasteiger partial charge in [-0.25, -0.2) is 0 Å². The molecule has 2 nitrogen and oxygen atoms in total. The maximum absolute atomic E-state index is 13.1. The Morgan fingerprint density at radius 3 is 2.70 bits per heavy atom. The third kappa shape index (κ3) is 3.34. The van der Waals surface area contributed by atoms with E-state index in [1.54, 1.807) is 11.0 Å². The van der Waals surface area contributed by atoms with Gasteiger partial charge in [0, 0.05) is 29.2 Å². The second kappa shape index (κ2) is 5.76. The van der Waals surface area contributed by atoms with Crippen LogP contribution in [0.2, 0.25) is 0 Å². The average molecular weight is 350 g/mol. The molecule has 20 heavy (non-hydrogen) atoms. The molecular formula is C14H15BrF3NO. The van der Waals surface area contributed by atoms with Gasteiger partial charge in [-0.1, -0.05) is 15.9 Å². The molecule has 1 saturated heterocycles. The molecule has 1 atom stereocenters. The smallest absolute Gasteiger partial charge is 0.370 e. The maximum Gasteiger partial charge on any atom is 0.418 e. The molecule has 0 saturated carbocycles. The molecular weight excluding hydrogens is 335 g/mol. The van der Waals surface area contributed by atoms with Crippen molar-refractivity contribution >= 4 is 27.4 Å². The van der Waals surface area contributed by atoms with Crippen LogP contribution in [0, 0.1) is 5.92 Å². The number of halogens is 4. The van der Waals surface area contributed by atoms with Crippen LogP contribution in [0.4, 0.5) is 18.9 Å². The maximum atomic E-state index is 13.1. The van der Waals surface area contributed by atoms with Crippen molar-refractivity contribution in [1.29, 1.82) is 0 Å². The van der Waals surface area contributed by atoms with Crippen molar-refractivity contribution in [1.82, 2.24) is 0 Å². The first-order chi connectivity index (χ1) is 9.29. The van der Waals surface area contributed by atoms with Gasteiger partial charge in [0.15, 0.2) is 0 Å². The standard InChI is InChI=1S/C14H15BrF3NO/c1-9(20)10-3-2-6-19(8-10)13-5-4-11(15)7-12(13)14(16,17)18/h4-5,7,10H,2-3,6,8H2,1H3. The van der Waals surface area contributed by atoms with E-state index in [1.165, 1.54) is 13.0 Å². The zero-order valence-electron chi connectivity index (χ0n) is 11.0. The second-order valence-electron chi connectivity index (χ2n) is 5.06. The molecule has 1 fully saturated rings. The van der Waals surface area contributed by atoms with Crippen LogP contribution >= 0.6 is 15.9 Å². The van der Waals surface area contributed by atoms with Crippen molar-refractivity contribution in [2.45, 2.75) is 25.9 Å². The number of hydrogen-bond donors (Lipinski definition) is 0. The molecule has 0 spiro atoms. The Labute approximate surface area is 124 Å². The molecule has 0 aliphatic carbocycles. The van der Waals surface area contributed by atoms with E-state index in [4.69, 9.17) is 0 Å². The third-order valence-corrected chi connectivity index (χ3v) is 4.09. The number of ketones is 1. The molecule has 0 bridgehead atoms. The van der Waals surface area contributed by atoms with Crippen molar-refractivity contribution in [3.05, 3.63) is 28.2 Å². The highest BCUT2D eigenvalue weighted by atomic mass is 79.9. The van der Waals surface area contributed by atoms with Crippen molar-refractivity contribution in [2.75, 3.05) is 18.0 Å². The summed E-state index contributed by atoms with van der Waals surface area (Å²) in [6.45, 7) is 2.41. The molecule has 0 aromatic heterocycles. The van der Waals surface area contributed by atoms with Gasteiger partial charge in [0.1, 0.15) is 5.78 Å². The summed E-state index contributed by atoms with van der Waals surface area (Å²) < 4.78 is 39.8. The van der Waals surface area contributed by atoms with E-state index in [9.17, 15) is 18.0 Å². The van der Waals surface area contributed by atoms with E-state index < -0.39 is 11.7 Å². The molecule has 1 unspecified atom stereocenters. The molecule has 0 N–H and O–H groups in total. The summed E-state index contributed by atoms with van der Waals surface area (Å²) >= 11 is 3.08. The van der Waals surface area contributed by atoms with Crippen molar-refractivity contribution in [2.24, 2.45) is 5.92 Å². The minimum Gasteiger partial charge on any atom is -0.370 e. The van der Waals surface area contributed by atoms with Gasteiger partial charge in [0.2, 0.25) is 0 Å². The highest BCUT2D eigenvalue weighted by Gasteiger charge is 2.36. The SMILES string of the molecule is CC(=O)C1CCCN(c2ccc(Br)cc2C(F)(F)F)C1. The lowest BCUT2D eigenvalue weighted by Crippen LogP contribution is -2.39. The lowest BCUT2D eigenvalue weighted by Gasteiger charge is -2.34. The van der Waals surface area contributed by atoms with Gasteiger partial charge in [-0.3, -0.25) is 4.79 Å². The number of rotatable bonds is 2. The Morgan fingerprint density at radius 2 is 2.10 bits per heavy atom. The minimum atomic E-state index is -4.40. The predicted molar refractivity (Wildman–Crippen MR) is 74.8 cm³/mol. The Bertz CT molecular complexity index is 516. The zero-order chi connectivity index (χ0) is 14.9. The zero-order valence-corrected chi connectivity index (χ0v) is 12.6. The molecule has 6 heteroatoms. The van der Waals surface area contributed by atoms with Crippen molar-refractivity contribution in [3.8, 4) is 0 Å². The molecule has 0 amide bonds. The molecule has 1 aromatic carbocycles. The number of alkyl halides is 3. The summed E-state index contributed by atoms with van der Waals surface area (Å²) in [5.41, 5.74) is -0.497. The fraction of sp³-hybridized carbons (Fsp3) is 0.500. The van der Waals surface area contributed by atoms with Crippen molar-refractivity contribution < 1.29 is 18.0 Å². The van der Waals surface area contributed by atoms with E-state index in [0.29, 0.717) is 17.6 Å². The highest BCUT2D eigenvalue weighted by Crippen LogP contribution is 2.39. The lowest BCUT2D eigenvalue weighted by atomic mass is 9.93. The summed E-state index contributed by atoms with van der Waals surface area (Å²) in [5.74, 6) is -0.131. The van der Waals surface area contributed by atoms with E-state index >= 15 is 0 Å². The van der Waals surface area contributed by atoms with Crippen LogP contribution in [0.5, 0.6) is 0 Å². The fourth-order valence-electron chi connectivity index (χ4n) is 2.54. The van der Waals surface area contributed by atoms with Gasteiger partial charge in [-0.2, -0.15) is 13.2 Å². The van der Waals surface area contributed by atoms with Crippen molar-refractivity contribution in [3.63, 3.8) is 0 Å². The van der Waals surface area contributed by atoms with Gasteiger partial charge >= 0.3 is 6.18 Å². The molecule has 0 radical (unpaired) electrons. The quantitative estimate of drug-likeness (QED) is 0.794. The summed E-state index contributed by atoms with van der Waals surface area (Å²) in [5, 5.41) is 0. The molecule has 1 aliphatic rings. The largest absolute Gasteiger partial charge is 0.418 e. The third-order valence-electron chi connectivity index (χ3n) is 3.60. The summed E-state index contributed by atoms with van der Waals surface area (Å²) in [4.78, 5) is 13.1. The molecule has 2 rings (SSSR count). The van der Waals surface area contributed by atoms with Crippen LogP contribution < -0.4 is 4.90 Å². The number of anilines is 1.